The Balaban J connectivity index is 2.88. The second-order valence-electron chi connectivity index (χ2n) is 4.31. The van der Waals surface area contributed by atoms with E-state index in [4.69, 9.17) is 9.47 Å². The van der Waals surface area contributed by atoms with E-state index in [1.54, 1.807) is 7.11 Å². The summed E-state index contributed by atoms with van der Waals surface area (Å²) in [6.07, 6.45) is 2.32. The predicted octanol–water partition coefficient (Wildman–Crippen LogP) is 3.37. The zero-order valence-electron chi connectivity index (χ0n) is 12.0. The minimum atomic E-state index is 0.275. The van der Waals surface area contributed by atoms with Crippen molar-refractivity contribution >= 4 is 0 Å². The molecule has 0 aliphatic carbocycles. The molecule has 0 bridgehead atoms. The van der Waals surface area contributed by atoms with E-state index in [1.165, 1.54) is 5.56 Å². The number of ether oxygens (including phenoxy) is 2. The van der Waals surface area contributed by atoms with Crippen molar-refractivity contribution in [3.8, 4) is 11.5 Å². The van der Waals surface area contributed by atoms with E-state index < -0.39 is 0 Å². The van der Waals surface area contributed by atoms with E-state index in [0.717, 1.165) is 37.4 Å². The Bertz CT molecular complexity index is 348. The number of methoxy groups -OCH3 is 1. The number of nitrogens with one attached hydrogen (secondary N) is 1. The molecule has 0 saturated heterocycles. The molecule has 1 N–H and O–H groups in total. The summed E-state index contributed by atoms with van der Waals surface area (Å²) >= 11 is 0. The highest BCUT2D eigenvalue weighted by molar-refractivity contribution is 5.40. The van der Waals surface area contributed by atoms with E-state index in [-0.39, 0.29) is 6.10 Å². The lowest BCUT2D eigenvalue weighted by Crippen LogP contribution is -2.17. The van der Waals surface area contributed by atoms with Crippen LogP contribution in [0.25, 0.3) is 0 Å². The summed E-state index contributed by atoms with van der Waals surface area (Å²) in [6.45, 7) is 8.19. The van der Waals surface area contributed by atoms with E-state index in [9.17, 15) is 0 Å². The first-order valence-corrected chi connectivity index (χ1v) is 6.79. The van der Waals surface area contributed by atoms with Gasteiger partial charge in [0.1, 0.15) is 11.5 Å². The molecule has 0 amide bonds. The van der Waals surface area contributed by atoms with Crippen molar-refractivity contribution in [1.82, 2.24) is 5.32 Å². The third kappa shape index (κ3) is 4.22. The number of hydrogen-bond acceptors (Lipinski definition) is 3. The lowest BCUT2D eigenvalue weighted by molar-refractivity contribution is 0.190. The van der Waals surface area contributed by atoms with Gasteiger partial charge in [-0.2, -0.15) is 0 Å². The van der Waals surface area contributed by atoms with Crippen LogP contribution in [0.2, 0.25) is 0 Å². The minimum absolute atomic E-state index is 0.275. The molecule has 3 heteroatoms. The maximum atomic E-state index is 6.06. The van der Waals surface area contributed by atoms with Crippen LogP contribution in [0.5, 0.6) is 11.5 Å². The van der Waals surface area contributed by atoms with Crippen molar-refractivity contribution in [3.05, 3.63) is 23.8 Å². The van der Waals surface area contributed by atoms with Gasteiger partial charge in [-0.1, -0.05) is 26.8 Å². The normalized spacial score (nSPS) is 10.7. The van der Waals surface area contributed by atoms with Crippen molar-refractivity contribution in [2.75, 3.05) is 13.7 Å². The quantitative estimate of drug-likeness (QED) is 0.768. The molecule has 0 saturated carbocycles. The van der Waals surface area contributed by atoms with Crippen LogP contribution >= 0.6 is 0 Å². The molecular formula is C15H25NO2. The van der Waals surface area contributed by atoms with Gasteiger partial charge in [-0.15, -0.1) is 0 Å². The maximum Gasteiger partial charge on any atom is 0.127 e. The van der Waals surface area contributed by atoms with Gasteiger partial charge in [-0.25, -0.2) is 0 Å². The average molecular weight is 251 g/mol. The van der Waals surface area contributed by atoms with Gasteiger partial charge in [-0.05, 0) is 25.5 Å². The third-order valence-corrected chi connectivity index (χ3v) is 3.04. The topological polar surface area (TPSA) is 30.5 Å². The Morgan fingerprint density at radius 1 is 1.17 bits per heavy atom. The standard InChI is InChI=1S/C15H25NO2/c1-5-13(6-2)18-15-10-14(17-4)9-8-12(15)11-16-7-3/h8-10,13,16H,5-7,11H2,1-4H3. The van der Waals surface area contributed by atoms with E-state index >= 15 is 0 Å². The van der Waals surface area contributed by atoms with Gasteiger partial charge in [0, 0.05) is 18.2 Å². The molecule has 18 heavy (non-hydrogen) atoms. The first-order chi connectivity index (χ1) is 8.74. The molecule has 0 fully saturated rings. The fraction of sp³-hybridized carbons (Fsp3) is 0.600. The fourth-order valence-electron chi connectivity index (χ4n) is 1.81. The molecule has 0 heterocycles. The number of rotatable bonds is 8. The van der Waals surface area contributed by atoms with Crippen LogP contribution in [0.15, 0.2) is 18.2 Å². The highest BCUT2D eigenvalue weighted by atomic mass is 16.5. The lowest BCUT2D eigenvalue weighted by Gasteiger charge is -2.19. The smallest absolute Gasteiger partial charge is 0.127 e. The van der Waals surface area contributed by atoms with Crippen LogP contribution in [-0.2, 0) is 6.54 Å². The zero-order chi connectivity index (χ0) is 13.4. The molecule has 1 rings (SSSR count). The summed E-state index contributed by atoms with van der Waals surface area (Å²) < 4.78 is 11.3. The second kappa shape index (κ2) is 7.98. The molecule has 0 unspecified atom stereocenters. The van der Waals surface area contributed by atoms with Gasteiger partial charge >= 0.3 is 0 Å². The van der Waals surface area contributed by atoms with Gasteiger partial charge in [0.2, 0.25) is 0 Å². The van der Waals surface area contributed by atoms with E-state index in [2.05, 4.69) is 32.2 Å². The summed E-state index contributed by atoms with van der Waals surface area (Å²) in [5.41, 5.74) is 1.18. The van der Waals surface area contributed by atoms with Crippen LogP contribution in [0, 0.1) is 0 Å². The molecule has 0 aliphatic rings. The van der Waals surface area contributed by atoms with Gasteiger partial charge in [0.25, 0.3) is 0 Å². The molecule has 1 aromatic carbocycles. The summed E-state index contributed by atoms with van der Waals surface area (Å²) in [5, 5.41) is 3.33. The van der Waals surface area contributed by atoms with Gasteiger partial charge in [0.15, 0.2) is 0 Å². The highest BCUT2D eigenvalue weighted by Crippen LogP contribution is 2.26. The monoisotopic (exact) mass is 251 g/mol. The van der Waals surface area contributed by atoms with Crippen LogP contribution in [0.3, 0.4) is 0 Å². The first kappa shape index (κ1) is 14.8. The zero-order valence-corrected chi connectivity index (χ0v) is 12.0. The van der Waals surface area contributed by atoms with Crippen molar-refractivity contribution in [1.29, 1.82) is 0 Å². The molecule has 0 aromatic heterocycles. The molecule has 1 aromatic rings. The molecule has 0 radical (unpaired) electrons. The highest BCUT2D eigenvalue weighted by Gasteiger charge is 2.10. The SMILES string of the molecule is CCNCc1ccc(OC)cc1OC(CC)CC. The molecule has 0 aliphatic heterocycles. The van der Waals surface area contributed by atoms with Crippen LogP contribution in [0.4, 0.5) is 0 Å². The maximum absolute atomic E-state index is 6.06. The van der Waals surface area contributed by atoms with E-state index in [1.807, 2.05) is 12.1 Å². The summed E-state index contributed by atoms with van der Waals surface area (Å²) in [7, 11) is 1.68. The molecule has 102 valence electrons. The van der Waals surface area contributed by atoms with Crippen LogP contribution in [0.1, 0.15) is 39.2 Å². The lowest BCUT2D eigenvalue weighted by atomic mass is 10.1. The Morgan fingerprint density at radius 2 is 1.89 bits per heavy atom. The summed E-state index contributed by atoms with van der Waals surface area (Å²) in [4.78, 5) is 0. The van der Waals surface area contributed by atoms with Crippen molar-refractivity contribution < 1.29 is 9.47 Å². The first-order valence-electron chi connectivity index (χ1n) is 6.79. The Morgan fingerprint density at radius 3 is 2.44 bits per heavy atom. The fourth-order valence-corrected chi connectivity index (χ4v) is 1.81. The second-order valence-corrected chi connectivity index (χ2v) is 4.31. The predicted molar refractivity (Wildman–Crippen MR) is 75.4 cm³/mol. The number of benzene rings is 1. The van der Waals surface area contributed by atoms with Gasteiger partial charge in [0.05, 0.1) is 13.2 Å². The third-order valence-electron chi connectivity index (χ3n) is 3.04. The van der Waals surface area contributed by atoms with Crippen molar-refractivity contribution in [2.45, 2.75) is 46.3 Å². The van der Waals surface area contributed by atoms with Gasteiger partial charge in [-0.3, -0.25) is 0 Å². The van der Waals surface area contributed by atoms with E-state index in [0.29, 0.717) is 0 Å². The van der Waals surface area contributed by atoms with Crippen molar-refractivity contribution in [3.63, 3.8) is 0 Å². The summed E-state index contributed by atoms with van der Waals surface area (Å²) in [6, 6.07) is 6.02. The molecule has 0 spiro atoms. The summed E-state index contributed by atoms with van der Waals surface area (Å²) in [5.74, 6) is 1.78. The average Bonchev–Trinajstić information content (AvgIpc) is 2.42. The Kier molecular flexibility index (Phi) is 6.58. The number of hydrogen-bond donors (Lipinski definition) is 1. The molecule has 0 atom stereocenters. The van der Waals surface area contributed by atoms with Crippen molar-refractivity contribution in [2.24, 2.45) is 0 Å². The molecule has 3 nitrogen and oxygen atoms in total. The van der Waals surface area contributed by atoms with Crippen LogP contribution in [-0.4, -0.2) is 19.8 Å². The largest absolute Gasteiger partial charge is 0.497 e. The Hall–Kier alpha value is -1.22. The Labute approximate surface area is 110 Å². The van der Waals surface area contributed by atoms with Gasteiger partial charge < -0.3 is 14.8 Å². The van der Waals surface area contributed by atoms with Crippen LogP contribution < -0.4 is 14.8 Å². The minimum Gasteiger partial charge on any atom is -0.497 e. The molecular weight excluding hydrogens is 226 g/mol.